The summed E-state index contributed by atoms with van der Waals surface area (Å²) in [6.45, 7) is 0. The molecule has 4 aromatic rings. The molecule has 7 nitrogen and oxygen atoms in total. The van der Waals surface area contributed by atoms with E-state index in [1.54, 1.807) is 24.4 Å². The van der Waals surface area contributed by atoms with Gasteiger partial charge in [-0.05, 0) is 48.0 Å². The Bertz CT molecular complexity index is 1530. The Morgan fingerprint density at radius 3 is 2.47 bits per heavy atom. The molecule has 0 atom stereocenters. The van der Waals surface area contributed by atoms with Gasteiger partial charge in [0.05, 0.1) is 21.5 Å². The van der Waals surface area contributed by atoms with Gasteiger partial charge in [0, 0.05) is 16.8 Å². The Morgan fingerprint density at radius 1 is 1.00 bits per heavy atom. The van der Waals surface area contributed by atoms with Crippen LogP contribution in [0.3, 0.4) is 0 Å². The summed E-state index contributed by atoms with van der Waals surface area (Å²) in [4.78, 5) is 23.3. The normalized spacial score (nSPS) is 12.2. The lowest BCUT2D eigenvalue weighted by atomic mass is 10.2. The first-order valence-corrected chi connectivity index (χ1v) is 11.2. The summed E-state index contributed by atoms with van der Waals surface area (Å²) in [5, 5.41) is 0.694. The summed E-state index contributed by atoms with van der Waals surface area (Å²) < 4.78 is 31.7. The van der Waals surface area contributed by atoms with Gasteiger partial charge in [-0.1, -0.05) is 48.0 Å². The number of aliphatic imine (C=N–C) groups is 1. The van der Waals surface area contributed by atoms with Crippen molar-refractivity contribution in [1.29, 1.82) is 0 Å². The standard InChI is InChI=1S/C23H16ClN3O4S/c24-20-4-2-1-3-16(20)14-25-17-8-5-15(6-9-17)7-12-22-26-21-11-10-18(32(29,30)31)13-19(21)23(28)27-22/h1-14H,(H,26,27,28)(H,29,30,31)/b12-7+,25-14?. The number of rotatable bonds is 5. The van der Waals surface area contributed by atoms with Gasteiger partial charge in [-0.25, -0.2) is 4.98 Å². The zero-order valence-corrected chi connectivity index (χ0v) is 18.0. The molecule has 0 aliphatic heterocycles. The van der Waals surface area contributed by atoms with E-state index in [4.69, 9.17) is 16.2 Å². The first-order valence-electron chi connectivity index (χ1n) is 9.38. The van der Waals surface area contributed by atoms with Gasteiger partial charge < -0.3 is 4.98 Å². The molecule has 0 amide bonds. The lowest BCUT2D eigenvalue weighted by Gasteiger charge is -2.02. The Hall–Kier alpha value is -3.59. The maximum Gasteiger partial charge on any atom is 0.294 e. The predicted octanol–water partition coefficient (Wildman–Crippen LogP) is 4.74. The van der Waals surface area contributed by atoms with Crippen molar-refractivity contribution in [3.63, 3.8) is 0 Å². The third-order valence-corrected chi connectivity index (χ3v) is 5.77. The highest BCUT2D eigenvalue weighted by Gasteiger charge is 2.12. The van der Waals surface area contributed by atoms with Crippen LogP contribution in [0.25, 0.3) is 23.1 Å². The van der Waals surface area contributed by atoms with Crippen molar-refractivity contribution < 1.29 is 13.0 Å². The second-order valence-corrected chi connectivity index (χ2v) is 8.64. The fraction of sp³-hybridized carbons (Fsp3) is 0. The van der Waals surface area contributed by atoms with E-state index < -0.39 is 15.7 Å². The minimum absolute atomic E-state index is 0.0676. The molecule has 0 unspecified atom stereocenters. The number of hydrogen-bond donors (Lipinski definition) is 2. The highest BCUT2D eigenvalue weighted by atomic mass is 35.5. The van der Waals surface area contributed by atoms with E-state index >= 15 is 0 Å². The highest BCUT2D eigenvalue weighted by molar-refractivity contribution is 7.85. The number of fused-ring (bicyclic) bond motifs is 1. The van der Waals surface area contributed by atoms with Crippen molar-refractivity contribution in [3.8, 4) is 0 Å². The molecule has 0 saturated heterocycles. The fourth-order valence-corrected chi connectivity index (χ4v) is 3.64. The lowest BCUT2D eigenvalue weighted by Crippen LogP contribution is -2.10. The second kappa shape index (κ2) is 8.88. The van der Waals surface area contributed by atoms with Gasteiger partial charge in [0.2, 0.25) is 0 Å². The Morgan fingerprint density at radius 2 is 1.75 bits per heavy atom. The smallest absolute Gasteiger partial charge is 0.294 e. The monoisotopic (exact) mass is 465 g/mol. The summed E-state index contributed by atoms with van der Waals surface area (Å²) in [6.07, 6.45) is 5.11. The molecule has 0 aliphatic carbocycles. The molecule has 0 fully saturated rings. The van der Waals surface area contributed by atoms with Crippen LogP contribution in [0.15, 0.2) is 81.4 Å². The van der Waals surface area contributed by atoms with Crippen molar-refractivity contribution in [2.75, 3.05) is 0 Å². The number of benzene rings is 3. The summed E-state index contributed by atoms with van der Waals surface area (Å²) in [5.41, 5.74) is 2.25. The van der Waals surface area contributed by atoms with Gasteiger partial charge >= 0.3 is 0 Å². The Balaban J connectivity index is 1.54. The van der Waals surface area contributed by atoms with Crippen LogP contribution in [-0.4, -0.2) is 29.2 Å². The molecule has 9 heteroatoms. The third-order valence-electron chi connectivity index (χ3n) is 4.58. The summed E-state index contributed by atoms with van der Waals surface area (Å²) in [5.74, 6) is 0.308. The van der Waals surface area contributed by atoms with Gasteiger partial charge in [0.15, 0.2) is 0 Å². The fourth-order valence-electron chi connectivity index (χ4n) is 2.95. The minimum atomic E-state index is -4.40. The van der Waals surface area contributed by atoms with Gasteiger partial charge in [-0.15, -0.1) is 0 Å². The Labute approximate surface area is 188 Å². The van der Waals surface area contributed by atoms with E-state index in [-0.39, 0.29) is 10.3 Å². The van der Waals surface area contributed by atoms with Crippen LogP contribution < -0.4 is 5.56 Å². The van der Waals surface area contributed by atoms with E-state index in [1.165, 1.54) is 12.1 Å². The first kappa shape index (κ1) is 21.6. The quantitative estimate of drug-likeness (QED) is 0.326. The van der Waals surface area contributed by atoms with Crippen molar-refractivity contribution in [3.05, 3.63) is 99.1 Å². The van der Waals surface area contributed by atoms with Crippen LogP contribution >= 0.6 is 11.6 Å². The van der Waals surface area contributed by atoms with Gasteiger partial charge in [0.25, 0.3) is 15.7 Å². The molecule has 0 radical (unpaired) electrons. The lowest BCUT2D eigenvalue weighted by molar-refractivity contribution is 0.483. The number of hydrogen-bond acceptors (Lipinski definition) is 5. The van der Waals surface area contributed by atoms with Gasteiger partial charge in [-0.2, -0.15) is 8.42 Å². The number of nitrogens with one attached hydrogen (secondary N) is 1. The summed E-state index contributed by atoms with van der Waals surface area (Å²) >= 11 is 6.12. The van der Waals surface area contributed by atoms with Crippen LogP contribution in [0.4, 0.5) is 5.69 Å². The average Bonchev–Trinajstić information content (AvgIpc) is 2.77. The molecular weight excluding hydrogens is 450 g/mol. The summed E-state index contributed by atoms with van der Waals surface area (Å²) in [6, 6.07) is 18.5. The SMILES string of the molecule is O=c1[nH]c(/C=C/c2ccc(N=Cc3ccccc3Cl)cc2)nc2ccc(S(=O)(=O)O)cc12. The van der Waals surface area contributed by atoms with E-state index in [9.17, 15) is 13.2 Å². The van der Waals surface area contributed by atoms with Crippen molar-refractivity contribution >= 4 is 56.7 Å². The van der Waals surface area contributed by atoms with Crippen molar-refractivity contribution in [2.45, 2.75) is 4.90 Å². The first-order chi connectivity index (χ1) is 15.3. The number of H-pyrrole nitrogens is 1. The molecule has 0 aliphatic rings. The molecule has 0 spiro atoms. The van der Waals surface area contributed by atoms with Crippen LogP contribution in [0.2, 0.25) is 5.02 Å². The molecule has 1 aromatic heterocycles. The second-order valence-electron chi connectivity index (χ2n) is 6.81. The molecule has 3 aromatic carbocycles. The molecule has 32 heavy (non-hydrogen) atoms. The van der Waals surface area contributed by atoms with Crippen molar-refractivity contribution in [1.82, 2.24) is 9.97 Å². The maximum atomic E-state index is 12.3. The largest absolute Gasteiger partial charge is 0.306 e. The van der Waals surface area contributed by atoms with Crippen molar-refractivity contribution in [2.24, 2.45) is 4.99 Å². The van der Waals surface area contributed by atoms with Gasteiger partial charge in [0.1, 0.15) is 5.82 Å². The van der Waals surface area contributed by atoms with E-state index in [1.807, 2.05) is 42.5 Å². The zero-order chi connectivity index (χ0) is 22.7. The van der Waals surface area contributed by atoms with Crippen LogP contribution in [-0.2, 0) is 10.1 Å². The number of nitrogens with zero attached hydrogens (tertiary/aromatic N) is 2. The molecule has 0 bridgehead atoms. The molecule has 160 valence electrons. The van der Waals surface area contributed by atoms with E-state index in [2.05, 4.69) is 15.0 Å². The van der Waals surface area contributed by atoms with Crippen LogP contribution in [0.1, 0.15) is 17.0 Å². The molecular formula is C23H16ClN3O4S. The number of aromatic nitrogens is 2. The van der Waals surface area contributed by atoms with Crippen LogP contribution in [0, 0.1) is 0 Å². The Kier molecular flexibility index (Phi) is 6.00. The predicted molar refractivity (Wildman–Crippen MR) is 126 cm³/mol. The number of aromatic amines is 1. The third kappa shape index (κ3) is 5.00. The van der Waals surface area contributed by atoms with Crippen LogP contribution in [0.5, 0.6) is 0 Å². The molecule has 0 saturated carbocycles. The molecule has 2 N–H and O–H groups in total. The molecule has 1 heterocycles. The maximum absolute atomic E-state index is 12.3. The van der Waals surface area contributed by atoms with E-state index in [0.29, 0.717) is 16.4 Å². The topological polar surface area (TPSA) is 112 Å². The zero-order valence-electron chi connectivity index (χ0n) is 16.4. The van der Waals surface area contributed by atoms with E-state index in [0.717, 1.165) is 22.9 Å². The van der Waals surface area contributed by atoms with Gasteiger partial charge in [-0.3, -0.25) is 14.3 Å². The molecule has 4 rings (SSSR count). The highest BCUT2D eigenvalue weighted by Crippen LogP contribution is 2.18. The summed E-state index contributed by atoms with van der Waals surface area (Å²) in [7, 11) is -4.40. The minimum Gasteiger partial charge on any atom is -0.306 e. The number of halogens is 1. The average molecular weight is 466 g/mol.